The second kappa shape index (κ2) is 6.10. The van der Waals surface area contributed by atoms with E-state index >= 15 is 0 Å². The molecule has 0 aromatic heterocycles. The Balaban J connectivity index is 2.01. The van der Waals surface area contributed by atoms with E-state index in [1.165, 1.54) is 11.1 Å². The van der Waals surface area contributed by atoms with Gasteiger partial charge in [-0.05, 0) is 22.8 Å². The smallest absolute Gasteiger partial charge is 0.0393 e. The molecule has 0 atom stereocenters. The van der Waals surface area contributed by atoms with Gasteiger partial charge in [-0.2, -0.15) is 0 Å². The van der Waals surface area contributed by atoms with Crippen molar-refractivity contribution in [3.8, 4) is 11.1 Å². The van der Waals surface area contributed by atoms with Crippen LogP contribution >= 0.6 is 0 Å². The fourth-order valence-corrected chi connectivity index (χ4v) is 2.38. The fourth-order valence-electron chi connectivity index (χ4n) is 2.38. The van der Waals surface area contributed by atoms with Crippen LogP contribution in [0.15, 0.2) is 78.9 Å². The summed E-state index contributed by atoms with van der Waals surface area (Å²) in [6.07, 6.45) is 4.26. The zero-order chi connectivity index (χ0) is 14.5. The molecule has 2 N–H and O–H groups in total. The molecule has 0 unspecified atom stereocenters. The highest BCUT2D eigenvalue weighted by atomic mass is 14.6. The van der Waals surface area contributed by atoms with Gasteiger partial charge >= 0.3 is 0 Å². The molecule has 0 aliphatic heterocycles. The molecule has 0 saturated heterocycles. The number of rotatable bonds is 3. The van der Waals surface area contributed by atoms with Gasteiger partial charge in [0.1, 0.15) is 0 Å². The number of hydrogen-bond donors (Lipinski definition) is 1. The van der Waals surface area contributed by atoms with Gasteiger partial charge in [0, 0.05) is 11.3 Å². The Morgan fingerprint density at radius 2 is 1.19 bits per heavy atom. The van der Waals surface area contributed by atoms with E-state index in [0.29, 0.717) is 0 Å². The lowest BCUT2D eigenvalue weighted by molar-refractivity contribution is 1.58. The summed E-state index contributed by atoms with van der Waals surface area (Å²) in [4.78, 5) is 0. The average Bonchev–Trinajstić information content (AvgIpc) is 2.55. The molecule has 3 aromatic rings. The van der Waals surface area contributed by atoms with Crippen LogP contribution in [0, 0.1) is 0 Å². The third kappa shape index (κ3) is 3.03. The molecule has 0 fully saturated rings. The van der Waals surface area contributed by atoms with E-state index in [-0.39, 0.29) is 0 Å². The number of para-hydroxylation sites is 1. The molecule has 0 radical (unpaired) electrons. The predicted octanol–water partition coefficient (Wildman–Crippen LogP) is 5.11. The van der Waals surface area contributed by atoms with Crippen LogP contribution in [0.1, 0.15) is 11.1 Å². The van der Waals surface area contributed by atoms with Gasteiger partial charge in [-0.1, -0.05) is 84.9 Å². The van der Waals surface area contributed by atoms with Crippen molar-refractivity contribution >= 4 is 17.8 Å². The second-order valence-electron chi connectivity index (χ2n) is 4.92. The summed E-state index contributed by atoms with van der Waals surface area (Å²) < 4.78 is 0. The first-order valence-electron chi connectivity index (χ1n) is 7.01. The van der Waals surface area contributed by atoms with Crippen molar-refractivity contribution < 1.29 is 0 Å². The molecule has 0 heterocycles. The van der Waals surface area contributed by atoms with Gasteiger partial charge in [-0.25, -0.2) is 0 Å². The van der Waals surface area contributed by atoms with E-state index in [4.69, 9.17) is 5.73 Å². The summed E-state index contributed by atoms with van der Waals surface area (Å²) >= 11 is 0. The number of anilines is 1. The van der Waals surface area contributed by atoms with Crippen molar-refractivity contribution in [1.29, 1.82) is 0 Å². The lowest BCUT2D eigenvalue weighted by atomic mass is 9.97. The highest BCUT2D eigenvalue weighted by Gasteiger charge is 2.04. The average molecular weight is 271 g/mol. The van der Waals surface area contributed by atoms with Crippen molar-refractivity contribution in [2.45, 2.75) is 0 Å². The minimum Gasteiger partial charge on any atom is -0.398 e. The SMILES string of the molecule is Nc1ccccc1-c1ccccc1C=Cc1ccccc1. The van der Waals surface area contributed by atoms with E-state index in [9.17, 15) is 0 Å². The van der Waals surface area contributed by atoms with Crippen molar-refractivity contribution in [2.24, 2.45) is 0 Å². The van der Waals surface area contributed by atoms with Crippen LogP contribution in [0.5, 0.6) is 0 Å². The van der Waals surface area contributed by atoms with Crippen molar-refractivity contribution in [3.05, 3.63) is 90.0 Å². The minimum atomic E-state index is 0.804. The third-order valence-corrected chi connectivity index (χ3v) is 3.47. The number of benzene rings is 3. The third-order valence-electron chi connectivity index (χ3n) is 3.47. The van der Waals surface area contributed by atoms with Crippen molar-refractivity contribution in [3.63, 3.8) is 0 Å². The van der Waals surface area contributed by atoms with Crippen molar-refractivity contribution in [1.82, 2.24) is 0 Å². The normalized spacial score (nSPS) is 10.9. The summed E-state index contributed by atoms with van der Waals surface area (Å²) in [6.45, 7) is 0. The maximum atomic E-state index is 6.10. The van der Waals surface area contributed by atoms with Crippen LogP contribution in [0.4, 0.5) is 5.69 Å². The van der Waals surface area contributed by atoms with Crippen LogP contribution in [0.3, 0.4) is 0 Å². The van der Waals surface area contributed by atoms with E-state index in [0.717, 1.165) is 16.8 Å². The molecular weight excluding hydrogens is 254 g/mol. The Bertz CT molecular complexity index is 758. The molecule has 102 valence electrons. The van der Waals surface area contributed by atoms with Crippen LogP contribution in [-0.4, -0.2) is 0 Å². The quantitative estimate of drug-likeness (QED) is 0.520. The molecule has 3 rings (SSSR count). The maximum absolute atomic E-state index is 6.10. The van der Waals surface area contributed by atoms with Crippen LogP contribution in [-0.2, 0) is 0 Å². The molecule has 1 nitrogen and oxygen atoms in total. The Morgan fingerprint density at radius 3 is 1.95 bits per heavy atom. The zero-order valence-electron chi connectivity index (χ0n) is 11.7. The van der Waals surface area contributed by atoms with E-state index in [1.54, 1.807) is 0 Å². The first-order chi connectivity index (χ1) is 10.3. The zero-order valence-corrected chi connectivity index (χ0v) is 11.7. The number of hydrogen-bond acceptors (Lipinski definition) is 1. The van der Waals surface area contributed by atoms with Gasteiger partial charge < -0.3 is 5.73 Å². The Labute approximate surface area is 125 Å². The summed E-state index contributed by atoms with van der Waals surface area (Å²) in [6, 6.07) is 26.6. The lowest BCUT2D eigenvalue weighted by Crippen LogP contribution is -1.90. The topological polar surface area (TPSA) is 26.0 Å². The van der Waals surface area contributed by atoms with Crippen LogP contribution in [0.2, 0.25) is 0 Å². The van der Waals surface area contributed by atoms with Gasteiger partial charge in [0.15, 0.2) is 0 Å². The Morgan fingerprint density at radius 1 is 0.571 bits per heavy atom. The predicted molar refractivity (Wildman–Crippen MR) is 91.7 cm³/mol. The Kier molecular flexibility index (Phi) is 3.83. The molecule has 0 spiro atoms. The van der Waals surface area contributed by atoms with Gasteiger partial charge in [0.25, 0.3) is 0 Å². The lowest BCUT2D eigenvalue weighted by Gasteiger charge is -2.09. The molecule has 21 heavy (non-hydrogen) atoms. The summed E-state index contributed by atoms with van der Waals surface area (Å²) in [5, 5.41) is 0. The largest absolute Gasteiger partial charge is 0.398 e. The second-order valence-corrected chi connectivity index (χ2v) is 4.92. The van der Waals surface area contributed by atoms with Gasteiger partial charge in [-0.15, -0.1) is 0 Å². The van der Waals surface area contributed by atoms with Crippen molar-refractivity contribution in [2.75, 3.05) is 5.73 Å². The first-order valence-corrected chi connectivity index (χ1v) is 7.01. The number of nitrogen functional groups attached to an aromatic ring is 1. The van der Waals surface area contributed by atoms with Crippen LogP contribution in [0.25, 0.3) is 23.3 Å². The van der Waals surface area contributed by atoms with Gasteiger partial charge in [0.05, 0.1) is 0 Å². The molecule has 1 heteroatoms. The fraction of sp³-hybridized carbons (Fsp3) is 0. The summed E-state index contributed by atoms with van der Waals surface area (Å²) in [5.74, 6) is 0. The first kappa shape index (κ1) is 13.2. The maximum Gasteiger partial charge on any atom is 0.0393 e. The van der Waals surface area contributed by atoms with Crippen LogP contribution < -0.4 is 5.73 Å². The molecule has 0 amide bonds. The molecular formula is C20H17N. The summed E-state index contributed by atoms with van der Waals surface area (Å²) in [7, 11) is 0. The van der Waals surface area contributed by atoms with E-state index in [2.05, 4.69) is 42.5 Å². The molecule has 0 bridgehead atoms. The molecule has 0 aliphatic rings. The molecule has 0 aliphatic carbocycles. The highest BCUT2D eigenvalue weighted by molar-refractivity contribution is 5.85. The standard InChI is InChI=1S/C20H17N/c21-20-13-7-6-12-19(20)18-11-5-4-10-17(18)15-14-16-8-2-1-3-9-16/h1-15H,21H2. The van der Waals surface area contributed by atoms with Gasteiger partial charge in [-0.3, -0.25) is 0 Å². The number of nitrogens with two attached hydrogens (primary N) is 1. The minimum absolute atomic E-state index is 0.804. The van der Waals surface area contributed by atoms with Gasteiger partial charge in [0.2, 0.25) is 0 Å². The monoisotopic (exact) mass is 271 g/mol. The summed E-state index contributed by atoms with van der Waals surface area (Å²) in [5.41, 5.74) is 11.5. The molecule has 3 aromatic carbocycles. The highest BCUT2D eigenvalue weighted by Crippen LogP contribution is 2.29. The van der Waals surface area contributed by atoms with E-state index < -0.39 is 0 Å². The Hall–Kier alpha value is -2.80. The van der Waals surface area contributed by atoms with E-state index in [1.807, 2.05) is 48.5 Å². The molecule has 0 saturated carbocycles.